The molecule has 1 aliphatic carbocycles. The van der Waals surface area contributed by atoms with Crippen molar-refractivity contribution in [2.75, 3.05) is 7.11 Å². The van der Waals surface area contributed by atoms with Crippen molar-refractivity contribution in [3.05, 3.63) is 29.1 Å². The number of carboxylic acid groups (broad SMARTS) is 1. The average Bonchev–Trinajstić information content (AvgIpc) is 2.46. The van der Waals surface area contributed by atoms with Gasteiger partial charge in [0.2, 0.25) is 5.92 Å². The van der Waals surface area contributed by atoms with Crippen LogP contribution in [0.1, 0.15) is 47.3 Å². The molecule has 1 aromatic rings. The topological polar surface area (TPSA) is 59.4 Å². The van der Waals surface area contributed by atoms with E-state index in [4.69, 9.17) is 9.84 Å². The van der Waals surface area contributed by atoms with E-state index in [1.54, 1.807) is 13.0 Å². The van der Waals surface area contributed by atoms with Crippen LogP contribution in [0.4, 0.5) is 8.78 Å². The van der Waals surface area contributed by atoms with Gasteiger partial charge in [0.05, 0.1) is 13.3 Å². The minimum atomic E-state index is -2.55. The number of carboxylic acids is 1. The number of methoxy groups -OCH3 is 1. The molecule has 1 heterocycles. The maximum atomic E-state index is 13.1. The Morgan fingerprint density at radius 1 is 1.45 bits per heavy atom. The summed E-state index contributed by atoms with van der Waals surface area (Å²) in [5.41, 5.74) is 1.10. The van der Waals surface area contributed by atoms with Crippen molar-refractivity contribution in [3.8, 4) is 5.75 Å². The molecule has 4 nitrogen and oxygen atoms in total. The molecule has 0 radical (unpaired) electrons. The molecule has 0 bridgehead atoms. The molecule has 6 heteroatoms. The minimum Gasteiger partial charge on any atom is -0.495 e. The molecule has 0 amide bonds. The molecule has 1 N–H and O–H groups in total. The van der Waals surface area contributed by atoms with Gasteiger partial charge in [-0.3, -0.25) is 0 Å². The number of ether oxygens (including phenoxy) is 1. The van der Waals surface area contributed by atoms with Crippen molar-refractivity contribution >= 4 is 12.0 Å². The third kappa shape index (κ3) is 3.61. The average molecular weight is 311 g/mol. The molecule has 1 aliphatic rings. The molecule has 0 saturated heterocycles. The van der Waals surface area contributed by atoms with E-state index in [0.717, 1.165) is 0 Å². The maximum absolute atomic E-state index is 13.1. The molecule has 0 atom stereocenters. The SMILES string of the molecule is COc1cnc(C(=O)O)c(C)c1/C=C/C1CCC(F)(F)CC1. The van der Waals surface area contributed by atoms with Gasteiger partial charge in [0.15, 0.2) is 5.69 Å². The number of pyridine rings is 1. The third-order valence-electron chi connectivity index (χ3n) is 4.05. The molecule has 0 aliphatic heterocycles. The van der Waals surface area contributed by atoms with E-state index in [1.165, 1.54) is 13.3 Å². The first kappa shape index (κ1) is 16.4. The number of carbonyl (C=O) groups is 1. The number of halogens is 2. The van der Waals surface area contributed by atoms with Crippen LogP contribution >= 0.6 is 0 Å². The Hall–Kier alpha value is -1.98. The second-order valence-corrected chi connectivity index (χ2v) is 5.57. The second kappa shape index (κ2) is 6.42. The fourth-order valence-corrected chi connectivity index (χ4v) is 2.67. The van der Waals surface area contributed by atoms with Crippen LogP contribution in [0.15, 0.2) is 12.3 Å². The highest BCUT2D eigenvalue weighted by molar-refractivity contribution is 5.88. The number of rotatable bonds is 4. The van der Waals surface area contributed by atoms with Crippen molar-refractivity contribution in [1.82, 2.24) is 4.98 Å². The predicted octanol–water partition coefficient (Wildman–Crippen LogP) is 3.94. The highest BCUT2D eigenvalue weighted by atomic mass is 19.3. The van der Waals surface area contributed by atoms with Gasteiger partial charge in [-0.25, -0.2) is 18.6 Å². The Balaban J connectivity index is 2.23. The Bertz CT molecular complexity index is 589. The molecule has 0 unspecified atom stereocenters. The van der Waals surface area contributed by atoms with Crippen molar-refractivity contribution in [1.29, 1.82) is 0 Å². The summed E-state index contributed by atoms with van der Waals surface area (Å²) >= 11 is 0. The van der Waals surface area contributed by atoms with E-state index in [-0.39, 0.29) is 24.5 Å². The highest BCUT2D eigenvalue weighted by Gasteiger charge is 2.33. The molecule has 0 spiro atoms. The van der Waals surface area contributed by atoms with Crippen molar-refractivity contribution in [2.24, 2.45) is 5.92 Å². The number of hydrogen-bond donors (Lipinski definition) is 1. The third-order valence-corrected chi connectivity index (χ3v) is 4.05. The fraction of sp³-hybridized carbons (Fsp3) is 0.500. The lowest BCUT2D eigenvalue weighted by Gasteiger charge is -2.26. The Kier molecular flexibility index (Phi) is 4.78. The lowest BCUT2D eigenvalue weighted by molar-refractivity contribution is -0.0410. The van der Waals surface area contributed by atoms with Crippen LogP contribution < -0.4 is 4.74 Å². The van der Waals surface area contributed by atoms with Crippen molar-refractivity contribution in [2.45, 2.75) is 38.5 Å². The van der Waals surface area contributed by atoms with Crippen LogP contribution in [-0.4, -0.2) is 29.1 Å². The first-order chi connectivity index (χ1) is 10.3. The largest absolute Gasteiger partial charge is 0.495 e. The van der Waals surface area contributed by atoms with Gasteiger partial charge >= 0.3 is 5.97 Å². The second-order valence-electron chi connectivity index (χ2n) is 5.57. The summed E-state index contributed by atoms with van der Waals surface area (Å²) in [5.74, 6) is -3.11. The molecule has 120 valence electrons. The normalized spacial score (nSPS) is 18.5. The summed E-state index contributed by atoms with van der Waals surface area (Å²) in [4.78, 5) is 15.0. The summed E-state index contributed by atoms with van der Waals surface area (Å²) < 4.78 is 31.5. The van der Waals surface area contributed by atoms with E-state index in [0.29, 0.717) is 29.7 Å². The summed E-state index contributed by atoms with van der Waals surface area (Å²) in [5, 5.41) is 9.12. The van der Waals surface area contributed by atoms with E-state index in [2.05, 4.69) is 4.98 Å². The van der Waals surface area contributed by atoms with Gasteiger partial charge in [-0.05, 0) is 31.2 Å². The Morgan fingerprint density at radius 3 is 2.64 bits per heavy atom. The first-order valence-electron chi connectivity index (χ1n) is 7.17. The molecular weight excluding hydrogens is 292 g/mol. The van der Waals surface area contributed by atoms with Crippen LogP contribution in [-0.2, 0) is 0 Å². The number of hydrogen-bond acceptors (Lipinski definition) is 3. The monoisotopic (exact) mass is 311 g/mol. The number of allylic oxidation sites excluding steroid dienone is 1. The highest BCUT2D eigenvalue weighted by Crippen LogP contribution is 2.37. The first-order valence-corrected chi connectivity index (χ1v) is 7.17. The number of aromatic nitrogens is 1. The van der Waals surface area contributed by atoms with Crippen LogP contribution in [0, 0.1) is 12.8 Å². The van der Waals surface area contributed by atoms with Gasteiger partial charge in [0, 0.05) is 18.4 Å². The molecule has 2 rings (SSSR count). The zero-order valence-electron chi connectivity index (χ0n) is 12.6. The quantitative estimate of drug-likeness (QED) is 0.915. The lowest BCUT2D eigenvalue weighted by atomic mass is 9.86. The van der Waals surface area contributed by atoms with Crippen LogP contribution in [0.2, 0.25) is 0 Å². The van der Waals surface area contributed by atoms with Crippen molar-refractivity contribution < 1.29 is 23.4 Å². The predicted molar refractivity (Wildman–Crippen MR) is 78.4 cm³/mol. The van der Waals surface area contributed by atoms with Crippen LogP contribution in [0.25, 0.3) is 6.08 Å². The lowest BCUT2D eigenvalue weighted by Crippen LogP contribution is -2.23. The molecular formula is C16H19F2NO3. The summed E-state index contributed by atoms with van der Waals surface area (Å²) in [6.07, 6.45) is 5.65. The minimum absolute atomic E-state index is 0.0318. The zero-order valence-corrected chi connectivity index (χ0v) is 12.6. The molecule has 1 fully saturated rings. The molecule has 1 aromatic heterocycles. The molecule has 22 heavy (non-hydrogen) atoms. The van der Waals surface area contributed by atoms with E-state index >= 15 is 0 Å². The Morgan fingerprint density at radius 2 is 2.09 bits per heavy atom. The van der Waals surface area contributed by atoms with Gasteiger partial charge < -0.3 is 9.84 Å². The number of nitrogens with zero attached hydrogens (tertiary/aromatic N) is 1. The summed E-state index contributed by atoms with van der Waals surface area (Å²) in [6, 6.07) is 0. The van der Waals surface area contributed by atoms with Gasteiger partial charge in [-0.15, -0.1) is 0 Å². The standard InChI is InChI=1S/C16H19F2NO3/c1-10-12(13(22-2)9-19-14(10)15(20)21)4-3-11-5-7-16(17,18)8-6-11/h3-4,9,11H,5-8H2,1-2H3,(H,20,21)/b4-3+. The number of aromatic carboxylic acids is 1. The molecule has 0 aromatic carbocycles. The van der Waals surface area contributed by atoms with Gasteiger partial charge in [0.1, 0.15) is 5.75 Å². The van der Waals surface area contributed by atoms with Crippen molar-refractivity contribution in [3.63, 3.8) is 0 Å². The zero-order chi connectivity index (χ0) is 16.3. The molecule has 1 saturated carbocycles. The van der Waals surface area contributed by atoms with Gasteiger partial charge in [-0.1, -0.05) is 12.2 Å². The van der Waals surface area contributed by atoms with E-state index < -0.39 is 11.9 Å². The maximum Gasteiger partial charge on any atom is 0.354 e. The van der Waals surface area contributed by atoms with Gasteiger partial charge in [-0.2, -0.15) is 0 Å². The van der Waals surface area contributed by atoms with Crippen LogP contribution in [0.3, 0.4) is 0 Å². The fourth-order valence-electron chi connectivity index (χ4n) is 2.67. The Labute approximate surface area is 127 Å². The number of alkyl halides is 2. The van der Waals surface area contributed by atoms with Gasteiger partial charge in [0.25, 0.3) is 0 Å². The van der Waals surface area contributed by atoms with E-state index in [1.807, 2.05) is 6.08 Å². The smallest absolute Gasteiger partial charge is 0.354 e. The van der Waals surface area contributed by atoms with Crippen LogP contribution in [0.5, 0.6) is 5.75 Å². The summed E-state index contributed by atoms with van der Waals surface area (Å²) in [6.45, 7) is 1.66. The summed E-state index contributed by atoms with van der Waals surface area (Å²) in [7, 11) is 1.48. The van der Waals surface area contributed by atoms with E-state index in [9.17, 15) is 13.6 Å².